The maximum absolute atomic E-state index is 13.0. The number of benzene rings is 2. The largest absolute Gasteiger partial charge is 0.359 e. The molecule has 0 aliphatic carbocycles. The van der Waals surface area contributed by atoms with Gasteiger partial charge in [0.1, 0.15) is 17.5 Å². The van der Waals surface area contributed by atoms with Gasteiger partial charge in [-0.1, -0.05) is 18.2 Å². The van der Waals surface area contributed by atoms with Crippen molar-refractivity contribution in [1.82, 2.24) is 0 Å². The Morgan fingerprint density at radius 1 is 1.23 bits per heavy atom. The molecule has 0 unspecified atom stereocenters. The van der Waals surface area contributed by atoms with Crippen molar-refractivity contribution in [3.05, 3.63) is 70.6 Å². The number of amides is 1. The second kappa shape index (κ2) is 7.38. The van der Waals surface area contributed by atoms with Crippen LogP contribution in [0, 0.1) is 17.1 Å². The first kappa shape index (κ1) is 15.7. The van der Waals surface area contributed by atoms with Crippen LogP contribution in [0.25, 0.3) is 0 Å². The van der Waals surface area contributed by atoms with Crippen molar-refractivity contribution in [3.63, 3.8) is 0 Å². The maximum Gasteiger partial charge on any atom is 0.267 e. The van der Waals surface area contributed by atoms with Crippen molar-refractivity contribution in [3.8, 4) is 6.07 Å². The van der Waals surface area contributed by atoms with Crippen LogP contribution in [0.15, 0.2) is 64.8 Å². The molecule has 4 nitrogen and oxygen atoms in total. The van der Waals surface area contributed by atoms with E-state index in [1.54, 1.807) is 24.3 Å². The van der Waals surface area contributed by atoms with Crippen LogP contribution >= 0.6 is 15.9 Å². The van der Waals surface area contributed by atoms with Gasteiger partial charge in [-0.3, -0.25) is 4.79 Å². The van der Waals surface area contributed by atoms with E-state index in [-0.39, 0.29) is 11.4 Å². The minimum absolute atomic E-state index is 0.0971. The molecule has 0 atom stereocenters. The predicted octanol–water partition coefficient (Wildman–Crippen LogP) is 4.05. The van der Waals surface area contributed by atoms with Crippen LogP contribution < -0.4 is 10.6 Å². The van der Waals surface area contributed by atoms with Crippen LogP contribution in [0.2, 0.25) is 0 Å². The Hall–Kier alpha value is -2.65. The Balaban J connectivity index is 2.10. The molecule has 0 aliphatic rings. The number of rotatable bonds is 4. The van der Waals surface area contributed by atoms with Crippen LogP contribution in [-0.2, 0) is 4.79 Å². The van der Waals surface area contributed by atoms with Crippen molar-refractivity contribution in [2.45, 2.75) is 0 Å². The molecule has 0 aliphatic heterocycles. The van der Waals surface area contributed by atoms with Gasteiger partial charge in [0.15, 0.2) is 0 Å². The standard InChI is InChI=1S/C16H11BrFN3O/c17-14-8-12(18)6-7-15(14)20-10-11(9-19)16(22)21-13-4-2-1-3-5-13/h1-8,10,20H,(H,21,22). The maximum atomic E-state index is 13.0. The van der Waals surface area contributed by atoms with E-state index in [9.17, 15) is 9.18 Å². The Kier molecular flexibility index (Phi) is 5.28. The summed E-state index contributed by atoms with van der Waals surface area (Å²) >= 11 is 3.19. The van der Waals surface area contributed by atoms with Crippen molar-refractivity contribution in [2.24, 2.45) is 0 Å². The van der Waals surface area contributed by atoms with Crippen molar-refractivity contribution in [2.75, 3.05) is 10.6 Å². The fraction of sp³-hybridized carbons (Fsp3) is 0. The normalized spacial score (nSPS) is 10.7. The van der Waals surface area contributed by atoms with Crippen molar-refractivity contribution >= 4 is 33.2 Å². The third kappa shape index (κ3) is 4.17. The van der Waals surface area contributed by atoms with Crippen LogP contribution in [0.1, 0.15) is 0 Å². The number of halogens is 2. The molecular formula is C16H11BrFN3O. The van der Waals surface area contributed by atoms with Crippen LogP contribution in [-0.4, -0.2) is 5.91 Å². The molecule has 2 N–H and O–H groups in total. The summed E-state index contributed by atoms with van der Waals surface area (Å²) in [6.07, 6.45) is 1.27. The number of nitriles is 1. The number of carbonyl (C=O) groups excluding carboxylic acids is 1. The quantitative estimate of drug-likeness (QED) is 0.639. The summed E-state index contributed by atoms with van der Waals surface area (Å²) < 4.78 is 13.5. The Morgan fingerprint density at radius 3 is 2.59 bits per heavy atom. The van der Waals surface area contributed by atoms with E-state index in [2.05, 4.69) is 26.6 Å². The second-order valence-corrected chi connectivity index (χ2v) is 5.11. The van der Waals surface area contributed by atoms with Gasteiger partial charge in [-0.25, -0.2) is 4.39 Å². The van der Waals surface area contributed by atoms with E-state index in [1.807, 2.05) is 12.1 Å². The number of carbonyl (C=O) groups is 1. The average Bonchev–Trinajstić information content (AvgIpc) is 2.50. The SMILES string of the molecule is N#CC(=CNc1ccc(F)cc1Br)C(=O)Nc1ccccc1. The van der Waals surface area contributed by atoms with Crippen LogP contribution in [0.4, 0.5) is 15.8 Å². The van der Waals surface area contributed by atoms with E-state index in [0.29, 0.717) is 15.8 Å². The third-order valence-electron chi connectivity index (χ3n) is 2.70. The van der Waals surface area contributed by atoms with Crippen LogP contribution in [0.5, 0.6) is 0 Å². The van der Waals surface area contributed by atoms with Gasteiger partial charge in [-0.2, -0.15) is 5.26 Å². The van der Waals surface area contributed by atoms with Gasteiger partial charge in [0.25, 0.3) is 5.91 Å². The summed E-state index contributed by atoms with van der Waals surface area (Å²) in [6, 6.07) is 14.7. The lowest BCUT2D eigenvalue weighted by Gasteiger charge is -2.06. The van der Waals surface area contributed by atoms with E-state index in [1.165, 1.54) is 24.4 Å². The predicted molar refractivity (Wildman–Crippen MR) is 86.5 cm³/mol. The van der Waals surface area contributed by atoms with E-state index < -0.39 is 5.91 Å². The topological polar surface area (TPSA) is 64.9 Å². The summed E-state index contributed by atoms with van der Waals surface area (Å²) in [7, 11) is 0. The van der Waals surface area contributed by atoms with Gasteiger partial charge in [0.05, 0.1) is 5.69 Å². The second-order valence-electron chi connectivity index (χ2n) is 4.26. The lowest BCUT2D eigenvalue weighted by molar-refractivity contribution is -0.112. The molecule has 0 heterocycles. The summed E-state index contributed by atoms with van der Waals surface area (Å²) in [6.45, 7) is 0. The number of hydrogen-bond acceptors (Lipinski definition) is 3. The molecule has 0 fully saturated rings. The molecule has 0 saturated heterocycles. The highest BCUT2D eigenvalue weighted by molar-refractivity contribution is 9.10. The molecule has 0 radical (unpaired) electrons. The van der Waals surface area contributed by atoms with Gasteiger partial charge in [0.2, 0.25) is 0 Å². The lowest BCUT2D eigenvalue weighted by Crippen LogP contribution is -2.14. The molecule has 2 rings (SSSR count). The molecule has 2 aromatic rings. The monoisotopic (exact) mass is 359 g/mol. The van der Waals surface area contributed by atoms with Gasteiger partial charge in [-0.15, -0.1) is 0 Å². The minimum atomic E-state index is -0.528. The highest BCUT2D eigenvalue weighted by Gasteiger charge is 2.09. The highest BCUT2D eigenvalue weighted by atomic mass is 79.9. The lowest BCUT2D eigenvalue weighted by atomic mass is 10.2. The van der Waals surface area contributed by atoms with Gasteiger partial charge >= 0.3 is 0 Å². The van der Waals surface area contributed by atoms with Crippen molar-refractivity contribution in [1.29, 1.82) is 5.26 Å². The highest BCUT2D eigenvalue weighted by Crippen LogP contribution is 2.23. The summed E-state index contributed by atoms with van der Waals surface area (Å²) in [4.78, 5) is 12.0. The fourth-order valence-electron chi connectivity index (χ4n) is 1.62. The molecule has 0 aromatic heterocycles. The smallest absolute Gasteiger partial charge is 0.267 e. The van der Waals surface area contributed by atoms with Crippen molar-refractivity contribution < 1.29 is 9.18 Å². The fourth-order valence-corrected chi connectivity index (χ4v) is 2.09. The summed E-state index contributed by atoms with van der Waals surface area (Å²) in [5.74, 6) is -0.914. The third-order valence-corrected chi connectivity index (χ3v) is 3.36. The number of hydrogen-bond donors (Lipinski definition) is 2. The van der Waals surface area contributed by atoms with E-state index in [4.69, 9.17) is 5.26 Å². The van der Waals surface area contributed by atoms with Gasteiger partial charge in [-0.05, 0) is 46.3 Å². The van der Waals surface area contributed by atoms with Gasteiger partial charge < -0.3 is 10.6 Å². The molecular weight excluding hydrogens is 349 g/mol. The molecule has 0 spiro atoms. The molecule has 1 amide bonds. The van der Waals surface area contributed by atoms with E-state index in [0.717, 1.165) is 0 Å². The van der Waals surface area contributed by atoms with E-state index >= 15 is 0 Å². The first-order chi connectivity index (χ1) is 10.6. The number of nitrogens with one attached hydrogen (secondary N) is 2. The molecule has 0 saturated carbocycles. The number of nitrogens with zero attached hydrogens (tertiary/aromatic N) is 1. The Labute approximate surface area is 135 Å². The number of para-hydroxylation sites is 1. The molecule has 110 valence electrons. The molecule has 0 bridgehead atoms. The molecule has 6 heteroatoms. The first-order valence-corrected chi connectivity index (χ1v) is 7.07. The Morgan fingerprint density at radius 2 is 1.95 bits per heavy atom. The molecule has 22 heavy (non-hydrogen) atoms. The molecule has 2 aromatic carbocycles. The Bertz CT molecular complexity index is 754. The summed E-state index contributed by atoms with van der Waals surface area (Å²) in [5, 5.41) is 14.5. The summed E-state index contributed by atoms with van der Waals surface area (Å²) in [5.41, 5.74) is 1.04. The van der Waals surface area contributed by atoms with Gasteiger partial charge in [0, 0.05) is 16.4 Å². The zero-order chi connectivity index (χ0) is 15.9. The number of anilines is 2. The zero-order valence-corrected chi connectivity index (χ0v) is 12.9. The van der Waals surface area contributed by atoms with Crippen LogP contribution in [0.3, 0.4) is 0 Å². The minimum Gasteiger partial charge on any atom is -0.359 e. The average molecular weight is 360 g/mol. The first-order valence-electron chi connectivity index (χ1n) is 6.28. The zero-order valence-electron chi connectivity index (χ0n) is 11.3.